The van der Waals surface area contributed by atoms with E-state index in [-0.39, 0.29) is 0 Å². The first-order chi connectivity index (χ1) is 8.56. The van der Waals surface area contributed by atoms with Crippen molar-refractivity contribution in [3.8, 4) is 0 Å². The van der Waals surface area contributed by atoms with Crippen molar-refractivity contribution >= 4 is 0 Å². The monoisotopic (exact) mass is 247 g/mol. The van der Waals surface area contributed by atoms with Gasteiger partial charge in [0.2, 0.25) is 0 Å². The fourth-order valence-corrected chi connectivity index (χ4v) is 2.20. The van der Waals surface area contributed by atoms with E-state index in [0.717, 1.165) is 13.1 Å². The maximum absolute atomic E-state index is 3.52. The Morgan fingerprint density at radius 3 is 2.00 bits per heavy atom. The van der Waals surface area contributed by atoms with Crippen LogP contribution in [0.1, 0.15) is 64.0 Å². The summed E-state index contributed by atoms with van der Waals surface area (Å²) in [7, 11) is 0. The Labute approximate surface area is 113 Å². The average Bonchev–Trinajstić information content (AvgIpc) is 2.38. The van der Waals surface area contributed by atoms with Gasteiger partial charge in [-0.1, -0.05) is 58.9 Å². The SMILES string of the molecule is CCCNCC(C)C(C)c1ccc(C(C)C)cc1. The van der Waals surface area contributed by atoms with Crippen molar-refractivity contribution in [3.05, 3.63) is 35.4 Å². The van der Waals surface area contributed by atoms with Gasteiger partial charge in [0.15, 0.2) is 0 Å². The van der Waals surface area contributed by atoms with Gasteiger partial charge < -0.3 is 5.32 Å². The van der Waals surface area contributed by atoms with Gasteiger partial charge in [-0.05, 0) is 48.4 Å². The summed E-state index contributed by atoms with van der Waals surface area (Å²) in [4.78, 5) is 0. The van der Waals surface area contributed by atoms with Crippen LogP contribution in [0.4, 0.5) is 0 Å². The van der Waals surface area contributed by atoms with Crippen LogP contribution in [0.3, 0.4) is 0 Å². The van der Waals surface area contributed by atoms with Gasteiger partial charge >= 0.3 is 0 Å². The summed E-state index contributed by atoms with van der Waals surface area (Å²) in [6, 6.07) is 9.16. The summed E-state index contributed by atoms with van der Waals surface area (Å²) >= 11 is 0. The molecule has 0 aliphatic heterocycles. The van der Waals surface area contributed by atoms with Crippen LogP contribution in [0.25, 0.3) is 0 Å². The summed E-state index contributed by atoms with van der Waals surface area (Å²) < 4.78 is 0. The van der Waals surface area contributed by atoms with Crippen LogP contribution in [0.2, 0.25) is 0 Å². The molecule has 0 aromatic heterocycles. The van der Waals surface area contributed by atoms with Crippen molar-refractivity contribution in [1.82, 2.24) is 5.32 Å². The standard InChI is InChI=1S/C17H29N/c1-6-11-18-12-14(4)15(5)17-9-7-16(8-10-17)13(2)3/h7-10,13-15,18H,6,11-12H2,1-5H3. The van der Waals surface area contributed by atoms with Crippen LogP contribution in [0.5, 0.6) is 0 Å². The second kappa shape index (κ2) is 7.58. The molecule has 1 aromatic carbocycles. The van der Waals surface area contributed by atoms with Crippen molar-refractivity contribution in [2.75, 3.05) is 13.1 Å². The molecular weight excluding hydrogens is 218 g/mol. The highest BCUT2D eigenvalue weighted by Crippen LogP contribution is 2.25. The lowest BCUT2D eigenvalue weighted by atomic mass is 9.87. The lowest BCUT2D eigenvalue weighted by molar-refractivity contribution is 0.448. The van der Waals surface area contributed by atoms with E-state index in [4.69, 9.17) is 0 Å². The zero-order valence-corrected chi connectivity index (χ0v) is 12.7. The first kappa shape index (κ1) is 15.2. The zero-order valence-electron chi connectivity index (χ0n) is 12.7. The van der Waals surface area contributed by atoms with E-state index in [2.05, 4.69) is 64.2 Å². The molecule has 18 heavy (non-hydrogen) atoms. The molecule has 1 N–H and O–H groups in total. The third kappa shape index (κ3) is 4.45. The largest absolute Gasteiger partial charge is 0.316 e. The molecule has 1 nitrogen and oxygen atoms in total. The molecule has 2 atom stereocenters. The quantitative estimate of drug-likeness (QED) is 0.697. The lowest BCUT2D eigenvalue weighted by Gasteiger charge is -2.21. The van der Waals surface area contributed by atoms with Gasteiger partial charge in [0.1, 0.15) is 0 Å². The number of hydrogen-bond acceptors (Lipinski definition) is 1. The van der Waals surface area contributed by atoms with Crippen LogP contribution in [-0.4, -0.2) is 13.1 Å². The molecule has 0 bridgehead atoms. The first-order valence-electron chi connectivity index (χ1n) is 7.36. The molecule has 0 saturated carbocycles. The van der Waals surface area contributed by atoms with Gasteiger partial charge in [0.05, 0.1) is 0 Å². The Morgan fingerprint density at radius 2 is 1.50 bits per heavy atom. The third-order valence-corrected chi connectivity index (χ3v) is 3.88. The highest BCUT2D eigenvalue weighted by molar-refractivity contribution is 5.27. The fraction of sp³-hybridized carbons (Fsp3) is 0.647. The minimum atomic E-state index is 0.621. The van der Waals surface area contributed by atoms with Gasteiger partial charge in [-0.3, -0.25) is 0 Å². The van der Waals surface area contributed by atoms with E-state index >= 15 is 0 Å². The van der Waals surface area contributed by atoms with Crippen LogP contribution in [0.15, 0.2) is 24.3 Å². The summed E-state index contributed by atoms with van der Waals surface area (Å²) in [5.41, 5.74) is 2.90. The molecular formula is C17H29N. The number of benzene rings is 1. The first-order valence-corrected chi connectivity index (χ1v) is 7.36. The second-order valence-electron chi connectivity index (χ2n) is 5.79. The van der Waals surface area contributed by atoms with Crippen molar-refractivity contribution in [3.63, 3.8) is 0 Å². The summed E-state index contributed by atoms with van der Waals surface area (Å²) in [6.45, 7) is 13.6. The average molecular weight is 247 g/mol. The Hall–Kier alpha value is -0.820. The van der Waals surface area contributed by atoms with Crippen molar-refractivity contribution in [2.45, 2.75) is 52.9 Å². The van der Waals surface area contributed by atoms with E-state index < -0.39 is 0 Å². The topological polar surface area (TPSA) is 12.0 Å². The summed E-state index contributed by atoms with van der Waals surface area (Å²) in [6.07, 6.45) is 1.21. The lowest BCUT2D eigenvalue weighted by Crippen LogP contribution is -2.25. The highest BCUT2D eigenvalue weighted by Gasteiger charge is 2.14. The van der Waals surface area contributed by atoms with E-state index in [0.29, 0.717) is 17.8 Å². The van der Waals surface area contributed by atoms with Gasteiger partial charge in [-0.2, -0.15) is 0 Å². The maximum atomic E-state index is 3.52. The molecule has 0 heterocycles. The molecule has 0 amide bonds. The fourth-order valence-electron chi connectivity index (χ4n) is 2.20. The Bertz CT molecular complexity index is 326. The normalized spacial score (nSPS) is 14.8. The maximum Gasteiger partial charge on any atom is -0.00174 e. The Morgan fingerprint density at radius 1 is 0.944 bits per heavy atom. The minimum Gasteiger partial charge on any atom is -0.316 e. The smallest absolute Gasteiger partial charge is 0.00174 e. The molecule has 2 unspecified atom stereocenters. The van der Waals surface area contributed by atoms with Crippen LogP contribution < -0.4 is 5.32 Å². The Kier molecular flexibility index (Phi) is 6.42. The van der Waals surface area contributed by atoms with Crippen molar-refractivity contribution in [2.24, 2.45) is 5.92 Å². The second-order valence-corrected chi connectivity index (χ2v) is 5.79. The van der Waals surface area contributed by atoms with E-state index in [1.165, 1.54) is 17.5 Å². The molecule has 0 aliphatic rings. The van der Waals surface area contributed by atoms with E-state index in [9.17, 15) is 0 Å². The van der Waals surface area contributed by atoms with Crippen LogP contribution in [0, 0.1) is 5.92 Å². The number of rotatable bonds is 7. The number of nitrogens with one attached hydrogen (secondary N) is 1. The highest BCUT2D eigenvalue weighted by atomic mass is 14.8. The van der Waals surface area contributed by atoms with Crippen LogP contribution >= 0.6 is 0 Å². The Balaban J connectivity index is 2.57. The summed E-state index contributed by atoms with van der Waals surface area (Å²) in [5.74, 6) is 1.93. The van der Waals surface area contributed by atoms with Crippen molar-refractivity contribution in [1.29, 1.82) is 0 Å². The predicted molar refractivity (Wildman–Crippen MR) is 81.3 cm³/mol. The molecule has 1 aromatic rings. The molecule has 0 spiro atoms. The third-order valence-electron chi connectivity index (χ3n) is 3.88. The van der Waals surface area contributed by atoms with E-state index in [1.54, 1.807) is 0 Å². The molecule has 0 fully saturated rings. The molecule has 1 rings (SSSR count). The molecule has 0 radical (unpaired) electrons. The van der Waals surface area contributed by atoms with Crippen LogP contribution in [-0.2, 0) is 0 Å². The van der Waals surface area contributed by atoms with Gasteiger partial charge in [0.25, 0.3) is 0 Å². The number of hydrogen-bond donors (Lipinski definition) is 1. The molecule has 102 valence electrons. The zero-order chi connectivity index (χ0) is 13.5. The molecule has 0 aliphatic carbocycles. The molecule has 1 heteroatoms. The van der Waals surface area contributed by atoms with E-state index in [1.807, 2.05) is 0 Å². The minimum absolute atomic E-state index is 0.621. The predicted octanol–water partition coefficient (Wildman–Crippen LogP) is 4.55. The van der Waals surface area contributed by atoms with Crippen molar-refractivity contribution < 1.29 is 0 Å². The molecule has 0 saturated heterocycles. The van der Waals surface area contributed by atoms with Gasteiger partial charge in [0, 0.05) is 0 Å². The summed E-state index contributed by atoms with van der Waals surface area (Å²) in [5, 5.41) is 3.52. The van der Waals surface area contributed by atoms with Gasteiger partial charge in [-0.25, -0.2) is 0 Å². The van der Waals surface area contributed by atoms with Gasteiger partial charge in [-0.15, -0.1) is 0 Å².